The third-order valence-electron chi connectivity index (χ3n) is 3.19. The Kier molecular flexibility index (Phi) is 7.69. The van der Waals surface area contributed by atoms with E-state index >= 15 is 0 Å². The van der Waals surface area contributed by atoms with E-state index in [1.807, 2.05) is 0 Å². The van der Waals surface area contributed by atoms with Crippen LogP contribution in [-0.2, 0) is 14.3 Å². The first-order valence-electron chi connectivity index (χ1n) is 7.90. The second-order valence-corrected chi connectivity index (χ2v) is 8.42. The Morgan fingerprint density at radius 2 is 1.93 bits per heavy atom. The normalized spacial score (nSPS) is 15.6. The van der Waals surface area contributed by atoms with Crippen molar-refractivity contribution in [2.75, 3.05) is 13.2 Å². The summed E-state index contributed by atoms with van der Waals surface area (Å²) in [6.07, 6.45) is 2.91. The maximum Gasteiger partial charge on any atom is 0.326 e. The van der Waals surface area contributed by atoms with Crippen LogP contribution in [0.3, 0.4) is 0 Å². The molecule has 0 radical (unpaired) electrons. The Morgan fingerprint density at radius 1 is 1.30 bits per heavy atom. The molecule has 0 bridgehead atoms. The van der Waals surface area contributed by atoms with Crippen molar-refractivity contribution in [2.24, 2.45) is 0 Å². The Hall–Kier alpha value is -1.58. The van der Waals surface area contributed by atoms with Crippen molar-refractivity contribution in [1.29, 1.82) is 0 Å². The maximum absolute atomic E-state index is 12.5. The Morgan fingerprint density at radius 3 is 2.48 bits per heavy atom. The first kappa shape index (κ1) is 21.7. The van der Waals surface area contributed by atoms with Gasteiger partial charge in [-0.25, -0.2) is 0 Å². The van der Waals surface area contributed by atoms with Gasteiger partial charge in [0.25, 0.3) is 11.1 Å². The number of esters is 1. The highest BCUT2D eigenvalue weighted by atomic mass is 79.9. The number of benzene rings is 1. The summed E-state index contributed by atoms with van der Waals surface area (Å²) in [6, 6.07) is 3.54. The van der Waals surface area contributed by atoms with E-state index in [0.29, 0.717) is 26.9 Å². The van der Waals surface area contributed by atoms with Gasteiger partial charge in [-0.2, -0.15) is 0 Å². The molecule has 144 valence electrons. The number of halogens is 2. The topological polar surface area (TPSA) is 72.9 Å². The molecule has 0 atom stereocenters. The third-order valence-corrected chi connectivity index (χ3v) is 5.28. The molecule has 1 heterocycles. The van der Waals surface area contributed by atoms with Crippen LogP contribution in [0.15, 0.2) is 38.6 Å². The highest BCUT2D eigenvalue weighted by Crippen LogP contribution is 2.37. The van der Waals surface area contributed by atoms with Crippen LogP contribution < -0.4 is 4.74 Å². The van der Waals surface area contributed by atoms with Crippen LogP contribution in [0.1, 0.15) is 19.4 Å². The molecule has 1 aromatic rings. The first-order chi connectivity index (χ1) is 12.7. The number of nitrogens with zero attached hydrogens (tertiary/aromatic N) is 1. The van der Waals surface area contributed by atoms with E-state index < -0.39 is 23.7 Å². The second-order valence-electron chi connectivity index (χ2n) is 5.72. The molecule has 0 N–H and O–H groups in total. The van der Waals surface area contributed by atoms with Crippen molar-refractivity contribution in [3.8, 4) is 5.75 Å². The molecule has 2 amide bonds. The molecule has 6 nitrogen and oxygen atoms in total. The van der Waals surface area contributed by atoms with E-state index in [4.69, 9.17) is 9.47 Å². The van der Waals surface area contributed by atoms with Gasteiger partial charge in [0.15, 0.2) is 0 Å². The number of hydrogen-bond acceptors (Lipinski definition) is 6. The molecular formula is C18H17Br2NO5S. The number of thioether (sulfide) groups is 1. The molecule has 27 heavy (non-hydrogen) atoms. The van der Waals surface area contributed by atoms with E-state index in [9.17, 15) is 14.4 Å². The number of carbonyl (C=O) groups is 3. The highest BCUT2D eigenvalue weighted by Gasteiger charge is 2.36. The highest BCUT2D eigenvalue weighted by molar-refractivity contribution is 9.11. The predicted octanol–water partition coefficient (Wildman–Crippen LogP) is 4.76. The second kappa shape index (κ2) is 9.57. The number of ether oxygens (including phenoxy) is 2. The lowest BCUT2D eigenvalue weighted by atomic mass is 10.2. The summed E-state index contributed by atoms with van der Waals surface area (Å²) in [5.41, 5.74) is 0.690. The smallest absolute Gasteiger partial charge is 0.326 e. The fourth-order valence-corrected chi connectivity index (χ4v) is 4.45. The average Bonchev–Trinajstić information content (AvgIpc) is 2.81. The molecule has 1 fully saturated rings. The van der Waals surface area contributed by atoms with Crippen LogP contribution >= 0.6 is 43.6 Å². The fraction of sp³-hybridized carbons (Fsp3) is 0.278. The Bertz CT molecular complexity index is 799. The van der Waals surface area contributed by atoms with Gasteiger partial charge >= 0.3 is 5.97 Å². The van der Waals surface area contributed by atoms with E-state index in [1.54, 1.807) is 38.1 Å². The zero-order valence-electron chi connectivity index (χ0n) is 14.7. The summed E-state index contributed by atoms with van der Waals surface area (Å²) >= 11 is 7.63. The zero-order chi connectivity index (χ0) is 20.1. The molecule has 0 saturated carbocycles. The van der Waals surface area contributed by atoms with Gasteiger partial charge in [0.1, 0.15) is 18.9 Å². The minimum Gasteiger partial charge on any atom is -0.487 e. The summed E-state index contributed by atoms with van der Waals surface area (Å²) < 4.78 is 11.9. The predicted molar refractivity (Wildman–Crippen MR) is 111 cm³/mol. The summed E-state index contributed by atoms with van der Waals surface area (Å²) in [6.45, 7) is 6.95. The maximum atomic E-state index is 12.5. The monoisotopic (exact) mass is 517 g/mol. The zero-order valence-corrected chi connectivity index (χ0v) is 18.6. The minimum absolute atomic E-state index is 0.232. The van der Waals surface area contributed by atoms with Gasteiger partial charge < -0.3 is 9.47 Å². The van der Waals surface area contributed by atoms with E-state index in [1.165, 1.54) is 0 Å². The molecular weight excluding hydrogens is 502 g/mol. The molecule has 1 saturated heterocycles. The van der Waals surface area contributed by atoms with Gasteiger partial charge in [-0.1, -0.05) is 12.7 Å². The molecule has 0 spiro atoms. The number of hydrogen-bond donors (Lipinski definition) is 0. The van der Waals surface area contributed by atoms with Gasteiger partial charge in [0.05, 0.1) is 20.0 Å². The number of amides is 2. The van der Waals surface area contributed by atoms with Crippen molar-refractivity contribution in [3.63, 3.8) is 0 Å². The standard InChI is InChI=1S/C18H17Br2NO5S/c1-4-5-25-16-12(19)6-11(7-13(16)20)8-14-17(23)21(18(24)27-14)9-15(22)26-10(2)3/h4,6-8,10H,1,5,9H2,2-3H3/b14-8-. The van der Waals surface area contributed by atoms with E-state index in [-0.39, 0.29) is 11.0 Å². The van der Waals surface area contributed by atoms with E-state index in [2.05, 4.69) is 38.4 Å². The van der Waals surface area contributed by atoms with Crippen molar-refractivity contribution < 1.29 is 23.9 Å². The van der Waals surface area contributed by atoms with Crippen molar-refractivity contribution in [3.05, 3.63) is 44.2 Å². The molecule has 0 aliphatic carbocycles. The third kappa shape index (κ3) is 5.70. The fourth-order valence-electron chi connectivity index (χ4n) is 2.16. The SMILES string of the molecule is C=CCOc1c(Br)cc(/C=C2\SC(=O)N(CC(=O)OC(C)C)C2=O)cc1Br. The van der Waals surface area contributed by atoms with Crippen LogP contribution in [0.2, 0.25) is 0 Å². The quantitative estimate of drug-likeness (QED) is 0.294. The van der Waals surface area contributed by atoms with Crippen molar-refractivity contribution >= 4 is 66.8 Å². The minimum atomic E-state index is -0.622. The number of rotatable bonds is 7. The molecule has 9 heteroatoms. The van der Waals surface area contributed by atoms with Gasteiger partial charge in [-0.05, 0) is 81.2 Å². The molecule has 1 aliphatic heterocycles. The van der Waals surface area contributed by atoms with Gasteiger partial charge in [0, 0.05) is 0 Å². The van der Waals surface area contributed by atoms with Crippen LogP contribution in [0, 0.1) is 0 Å². The summed E-state index contributed by atoms with van der Waals surface area (Å²) in [7, 11) is 0. The Labute approximate surface area is 178 Å². The van der Waals surface area contributed by atoms with Crippen LogP contribution in [0.25, 0.3) is 6.08 Å². The van der Waals surface area contributed by atoms with Crippen molar-refractivity contribution in [2.45, 2.75) is 20.0 Å². The van der Waals surface area contributed by atoms with Gasteiger partial charge in [0.2, 0.25) is 0 Å². The average molecular weight is 519 g/mol. The van der Waals surface area contributed by atoms with Gasteiger partial charge in [-0.15, -0.1) is 0 Å². The molecule has 2 rings (SSSR count). The number of imide groups is 1. The lowest BCUT2D eigenvalue weighted by Crippen LogP contribution is -2.35. The lowest BCUT2D eigenvalue weighted by Gasteiger charge is -2.13. The molecule has 1 aliphatic rings. The summed E-state index contributed by atoms with van der Waals surface area (Å²) in [5.74, 6) is -0.538. The van der Waals surface area contributed by atoms with Crippen LogP contribution in [-0.4, -0.2) is 41.3 Å². The van der Waals surface area contributed by atoms with E-state index in [0.717, 1.165) is 16.7 Å². The molecule has 0 unspecified atom stereocenters. The molecule has 0 aromatic heterocycles. The number of carbonyl (C=O) groups excluding carboxylic acids is 3. The van der Waals surface area contributed by atoms with Crippen LogP contribution in [0.5, 0.6) is 5.75 Å². The summed E-state index contributed by atoms with van der Waals surface area (Å²) in [4.78, 5) is 37.4. The molecule has 1 aromatic carbocycles. The van der Waals surface area contributed by atoms with Crippen molar-refractivity contribution in [1.82, 2.24) is 4.90 Å². The Balaban J connectivity index is 2.20. The largest absolute Gasteiger partial charge is 0.487 e. The van der Waals surface area contributed by atoms with Gasteiger partial charge in [-0.3, -0.25) is 19.3 Å². The lowest BCUT2D eigenvalue weighted by molar-refractivity contribution is -0.149. The van der Waals surface area contributed by atoms with Crippen LogP contribution in [0.4, 0.5) is 4.79 Å². The first-order valence-corrected chi connectivity index (χ1v) is 10.3. The summed E-state index contributed by atoms with van der Waals surface area (Å²) in [5, 5.41) is -0.504.